The number of likely N-dealkylation sites (N-methyl/N-ethyl adjacent to an activating group) is 1. The maximum absolute atomic E-state index is 5.98. The molecule has 4 heteroatoms. The van der Waals surface area contributed by atoms with Gasteiger partial charge in [-0.15, -0.1) is 0 Å². The minimum Gasteiger partial charge on any atom is -0.374 e. The fourth-order valence-corrected chi connectivity index (χ4v) is 3.32. The van der Waals surface area contributed by atoms with Crippen molar-refractivity contribution in [2.75, 3.05) is 52.4 Å². The first-order valence-corrected chi connectivity index (χ1v) is 7.97. The zero-order chi connectivity index (χ0) is 13.7. The summed E-state index contributed by atoms with van der Waals surface area (Å²) < 4.78 is 5.98. The van der Waals surface area contributed by atoms with Gasteiger partial charge >= 0.3 is 0 Å². The van der Waals surface area contributed by atoms with Crippen LogP contribution in [-0.2, 0) is 4.74 Å². The first kappa shape index (κ1) is 15.2. The van der Waals surface area contributed by atoms with Crippen LogP contribution in [0.1, 0.15) is 27.2 Å². The summed E-state index contributed by atoms with van der Waals surface area (Å²) in [5.74, 6) is 0.750. The Bertz CT molecular complexity index is 254. The quantitative estimate of drug-likeness (QED) is 0.779. The van der Waals surface area contributed by atoms with Gasteiger partial charge < -0.3 is 10.1 Å². The van der Waals surface area contributed by atoms with Crippen LogP contribution >= 0.6 is 0 Å². The van der Waals surface area contributed by atoms with Crippen LogP contribution in [0.5, 0.6) is 0 Å². The van der Waals surface area contributed by atoms with Crippen LogP contribution in [0.4, 0.5) is 0 Å². The predicted molar refractivity (Wildman–Crippen MR) is 79.5 cm³/mol. The molecule has 0 saturated carbocycles. The highest BCUT2D eigenvalue weighted by atomic mass is 16.5. The van der Waals surface area contributed by atoms with E-state index in [1.165, 1.54) is 19.5 Å². The van der Waals surface area contributed by atoms with E-state index in [1.54, 1.807) is 0 Å². The molecule has 0 bridgehead atoms. The van der Waals surface area contributed by atoms with E-state index in [0.29, 0.717) is 12.1 Å². The first-order chi connectivity index (χ1) is 9.19. The van der Waals surface area contributed by atoms with Gasteiger partial charge in [0.15, 0.2) is 0 Å². The highest BCUT2D eigenvalue weighted by molar-refractivity contribution is 4.83. The summed E-state index contributed by atoms with van der Waals surface area (Å²) in [6.45, 7) is 15.7. The summed E-state index contributed by atoms with van der Waals surface area (Å²) in [5, 5.41) is 3.47. The van der Waals surface area contributed by atoms with Gasteiger partial charge in [0.1, 0.15) is 0 Å². The van der Waals surface area contributed by atoms with Gasteiger partial charge in [0.25, 0.3) is 0 Å². The molecule has 2 aliphatic heterocycles. The number of rotatable bonds is 6. The summed E-state index contributed by atoms with van der Waals surface area (Å²) >= 11 is 0. The van der Waals surface area contributed by atoms with E-state index in [-0.39, 0.29) is 0 Å². The lowest BCUT2D eigenvalue weighted by atomic mass is 10.1. The van der Waals surface area contributed by atoms with E-state index in [9.17, 15) is 0 Å². The molecule has 19 heavy (non-hydrogen) atoms. The molecule has 0 radical (unpaired) electrons. The van der Waals surface area contributed by atoms with Crippen LogP contribution in [-0.4, -0.2) is 74.4 Å². The Hall–Kier alpha value is -0.160. The van der Waals surface area contributed by atoms with Gasteiger partial charge in [0.2, 0.25) is 0 Å². The Morgan fingerprint density at radius 1 is 1.42 bits per heavy atom. The van der Waals surface area contributed by atoms with E-state index in [1.807, 2.05) is 0 Å². The number of hydrogen-bond donors (Lipinski definition) is 1. The third kappa shape index (κ3) is 4.71. The van der Waals surface area contributed by atoms with Gasteiger partial charge in [-0.05, 0) is 25.4 Å². The van der Waals surface area contributed by atoms with Crippen molar-refractivity contribution in [3.05, 3.63) is 0 Å². The van der Waals surface area contributed by atoms with Crippen molar-refractivity contribution in [3.63, 3.8) is 0 Å². The smallest absolute Gasteiger partial charge is 0.0829 e. The molecule has 2 atom stereocenters. The summed E-state index contributed by atoms with van der Waals surface area (Å²) in [6.07, 6.45) is 1.68. The molecule has 0 spiro atoms. The van der Waals surface area contributed by atoms with Crippen molar-refractivity contribution in [1.82, 2.24) is 15.1 Å². The average Bonchev–Trinajstić information content (AvgIpc) is 2.89. The zero-order valence-electron chi connectivity index (χ0n) is 12.9. The fraction of sp³-hybridized carbons (Fsp3) is 1.00. The molecular formula is C15H31N3O. The number of ether oxygens (including phenoxy) is 1. The first-order valence-electron chi connectivity index (χ1n) is 7.97. The van der Waals surface area contributed by atoms with Crippen molar-refractivity contribution in [3.8, 4) is 0 Å². The van der Waals surface area contributed by atoms with Crippen molar-refractivity contribution in [2.45, 2.75) is 39.3 Å². The lowest BCUT2D eigenvalue weighted by Gasteiger charge is -2.37. The van der Waals surface area contributed by atoms with Crippen molar-refractivity contribution in [2.24, 2.45) is 5.92 Å². The Morgan fingerprint density at radius 3 is 2.89 bits per heavy atom. The second-order valence-corrected chi connectivity index (χ2v) is 6.38. The molecule has 2 fully saturated rings. The lowest BCUT2D eigenvalue weighted by molar-refractivity contribution is -0.0496. The molecule has 2 unspecified atom stereocenters. The monoisotopic (exact) mass is 269 g/mol. The minimum absolute atomic E-state index is 0.396. The summed E-state index contributed by atoms with van der Waals surface area (Å²) in [6, 6.07) is 0.717. The van der Waals surface area contributed by atoms with E-state index < -0.39 is 0 Å². The third-order valence-corrected chi connectivity index (χ3v) is 4.24. The lowest BCUT2D eigenvalue weighted by Crippen LogP contribution is -2.50. The normalized spacial score (nSPS) is 29.5. The maximum Gasteiger partial charge on any atom is 0.0829 e. The van der Waals surface area contributed by atoms with Gasteiger partial charge in [0, 0.05) is 38.8 Å². The molecule has 112 valence electrons. The van der Waals surface area contributed by atoms with Crippen molar-refractivity contribution in [1.29, 1.82) is 0 Å². The van der Waals surface area contributed by atoms with E-state index in [2.05, 4.69) is 35.9 Å². The molecule has 4 nitrogen and oxygen atoms in total. The molecule has 0 amide bonds. The van der Waals surface area contributed by atoms with E-state index in [0.717, 1.165) is 45.2 Å². The topological polar surface area (TPSA) is 27.7 Å². The van der Waals surface area contributed by atoms with Gasteiger partial charge in [-0.1, -0.05) is 20.8 Å². The van der Waals surface area contributed by atoms with Crippen LogP contribution in [0.25, 0.3) is 0 Å². The van der Waals surface area contributed by atoms with Crippen LogP contribution in [0, 0.1) is 5.92 Å². The van der Waals surface area contributed by atoms with Gasteiger partial charge in [-0.25, -0.2) is 0 Å². The Kier molecular flexibility index (Phi) is 6.07. The molecule has 2 saturated heterocycles. The van der Waals surface area contributed by atoms with Gasteiger partial charge in [-0.2, -0.15) is 0 Å². The highest BCUT2D eigenvalue weighted by Gasteiger charge is 2.27. The fourth-order valence-electron chi connectivity index (χ4n) is 3.32. The van der Waals surface area contributed by atoms with Crippen LogP contribution in [0.2, 0.25) is 0 Å². The summed E-state index contributed by atoms with van der Waals surface area (Å²) in [4.78, 5) is 5.17. The summed E-state index contributed by atoms with van der Waals surface area (Å²) in [5.41, 5.74) is 0. The average molecular weight is 269 g/mol. The number of hydrogen-bond acceptors (Lipinski definition) is 4. The molecular weight excluding hydrogens is 238 g/mol. The van der Waals surface area contributed by atoms with Crippen LogP contribution in [0.15, 0.2) is 0 Å². The van der Waals surface area contributed by atoms with Gasteiger partial charge in [0.05, 0.1) is 12.7 Å². The van der Waals surface area contributed by atoms with E-state index >= 15 is 0 Å². The second kappa shape index (κ2) is 7.58. The Labute approximate surface area is 118 Å². The number of nitrogens with zero attached hydrogens (tertiary/aromatic N) is 2. The standard InChI is InChI=1S/C15H31N3O/c1-4-18(14-5-6-16-9-14)12-15-11-17(7-8-19-15)10-13(2)3/h13-16H,4-12H2,1-3H3. The largest absolute Gasteiger partial charge is 0.374 e. The maximum atomic E-state index is 5.98. The predicted octanol–water partition coefficient (Wildman–Crippen LogP) is 1.03. The molecule has 2 rings (SSSR count). The summed E-state index contributed by atoms with van der Waals surface area (Å²) in [7, 11) is 0. The minimum atomic E-state index is 0.396. The SMILES string of the molecule is CCN(CC1CN(CC(C)C)CCO1)C1CCNC1. The third-order valence-electron chi connectivity index (χ3n) is 4.24. The Balaban J connectivity index is 1.79. The zero-order valence-corrected chi connectivity index (χ0v) is 12.9. The molecule has 2 heterocycles. The Morgan fingerprint density at radius 2 is 2.26 bits per heavy atom. The highest BCUT2D eigenvalue weighted by Crippen LogP contribution is 2.13. The van der Waals surface area contributed by atoms with Gasteiger partial charge in [-0.3, -0.25) is 9.80 Å². The van der Waals surface area contributed by atoms with Crippen LogP contribution in [0.3, 0.4) is 0 Å². The van der Waals surface area contributed by atoms with Crippen LogP contribution < -0.4 is 5.32 Å². The second-order valence-electron chi connectivity index (χ2n) is 6.38. The van der Waals surface area contributed by atoms with Crippen molar-refractivity contribution < 1.29 is 4.74 Å². The molecule has 0 aromatic rings. The molecule has 0 aliphatic carbocycles. The molecule has 0 aromatic heterocycles. The number of morpholine rings is 1. The molecule has 0 aromatic carbocycles. The molecule has 2 aliphatic rings. The van der Waals surface area contributed by atoms with E-state index in [4.69, 9.17) is 4.74 Å². The van der Waals surface area contributed by atoms with Crippen molar-refractivity contribution >= 4 is 0 Å². The number of nitrogens with one attached hydrogen (secondary N) is 1. The molecule has 1 N–H and O–H groups in total.